The smallest absolute Gasteiger partial charge is 0.341 e. The zero-order valence-corrected chi connectivity index (χ0v) is 11.2. The molecule has 2 aromatic heterocycles. The number of fused-ring (bicyclic) bond motifs is 1. The molecule has 0 N–H and O–H groups in total. The van der Waals surface area contributed by atoms with Gasteiger partial charge in [0.2, 0.25) is 0 Å². The molecule has 20 heavy (non-hydrogen) atoms. The number of methoxy groups -OCH3 is 1. The van der Waals surface area contributed by atoms with Crippen LogP contribution in [0.15, 0.2) is 42.6 Å². The third-order valence-corrected chi connectivity index (χ3v) is 3.08. The monoisotopic (exact) mass is 267 g/mol. The van der Waals surface area contributed by atoms with Crippen molar-refractivity contribution in [3.8, 4) is 11.4 Å². The Labute approximate surface area is 115 Å². The van der Waals surface area contributed by atoms with Crippen molar-refractivity contribution in [1.29, 1.82) is 0 Å². The quantitative estimate of drug-likeness (QED) is 0.669. The Bertz CT molecular complexity index is 775. The molecule has 0 spiro atoms. The number of ether oxygens (including phenoxy) is 1. The Balaban J connectivity index is 2.15. The van der Waals surface area contributed by atoms with E-state index in [4.69, 9.17) is 4.74 Å². The van der Waals surface area contributed by atoms with E-state index < -0.39 is 5.97 Å². The van der Waals surface area contributed by atoms with Crippen molar-refractivity contribution in [3.05, 3.63) is 53.7 Å². The van der Waals surface area contributed by atoms with E-state index in [1.807, 2.05) is 31.2 Å². The van der Waals surface area contributed by atoms with Crippen LogP contribution in [0.2, 0.25) is 0 Å². The lowest BCUT2D eigenvalue weighted by atomic mass is 10.1. The van der Waals surface area contributed by atoms with Crippen molar-refractivity contribution >= 4 is 11.6 Å². The third-order valence-electron chi connectivity index (χ3n) is 3.08. The molecule has 5 nitrogen and oxygen atoms in total. The van der Waals surface area contributed by atoms with Gasteiger partial charge in [0.15, 0.2) is 11.5 Å². The van der Waals surface area contributed by atoms with Gasteiger partial charge in [0.05, 0.1) is 7.11 Å². The van der Waals surface area contributed by atoms with E-state index in [9.17, 15) is 4.79 Å². The molecule has 3 rings (SSSR count). The van der Waals surface area contributed by atoms with Crippen molar-refractivity contribution in [3.63, 3.8) is 0 Å². The van der Waals surface area contributed by atoms with Crippen molar-refractivity contribution in [2.75, 3.05) is 7.11 Å². The van der Waals surface area contributed by atoms with Crippen LogP contribution in [0.4, 0.5) is 0 Å². The van der Waals surface area contributed by atoms with Gasteiger partial charge in [-0.3, -0.25) is 0 Å². The van der Waals surface area contributed by atoms with Crippen LogP contribution in [-0.4, -0.2) is 27.7 Å². The van der Waals surface area contributed by atoms with Crippen LogP contribution in [-0.2, 0) is 4.74 Å². The number of aromatic nitrogens is 3. The second-order valence-electron chi connectivity index (χ2n) is 4.48. The number of nitrogens with zero attached hydrogens (tertiary/aromatic N) is 3. The van der Waals surface area contributed by atoms with Gasteiger partial charge in [-0.1, -0.05) is 29.8 Å². The van der Waals surface area contributed by atoms with Crippen LogP contribution in [0.25, 0.3) is 17.0 Å². The molecule has 0 amide bonds. The summed E-state index contributed by atoms with van der Waals surface area (Å²) in [6, 6.07) is 11.3. The van der Waals surface area contributed by atoms with Gasteiger partial charge in [-0.05, 0) is 19.1 Å². The molecule has 0 atom stereocenters. The van der Waals surface area contributed by atoms with E-state index in [1.165, 1.54) is 12.7 Å². The summed E-state index contributed by atoms with van der Waals surface area (Å²) in [6.45, 7) is 2.02. The van der Waals surface area contributed by atoms with Gasteiger partial charge in [0, 0.05) is 11.8 Å². The zero-order valence-electron chi connectivity index (χ0n) is 11.2. The van der Waals surface area contributed by atoms with Crippen LogP contribution in [0, 0.1) is 6.92 Å². The molecule has 100 valence electrons. The number of benzene rings is 1. The maximum atomic E-state index is 11.7. The van der Waals surface area contributed by atoms with Gasteiger partial charge < -0.3 is 4.74 Å². The number of aryl methyl sites for hydroxylation is 1. The fourth-order valence-corrected chi connectivity index (χ4v) is 2.00. The summed E-state index contributed by atoms with van der Waals surface area (Å²) in [6.07, 6.45) is 1.76. The Morgan fingerprint density at radius 2 is 1.95 bits per heavy atom. The van der Waals surface area contributed by atoms with Crippen molar-refractivity contribution < 1.29 is 9.53 Å². The SMILES string of the molecule is COC(=O)c1cccn2nc(-c3ccc(C)cc3)nc12. The summed E-state index contributed by atoms with van der Waals surface area (Å²) in [5.74, 6) is 0.166. The molecule has 0 aliphatic rings. The Kier molecular flexibility index (Phi) is 2.95. The second kappa shape index (κ2) is 4.77. The van der Waals surface area contributed by atoms with E-state index in [0.717, 1.165) is 5.56 Å². The molecule has 1 aromatic carbocycles. The van der Waals surface area contributed by atoms with Crippen molar-refractivity contribution in [1.82, 2.24) is 14.6 Å². The summed E-state index contributed by atoms with van der Waals surface area (Å²) < 4.78 is 6.34. The molecule has 0 saturated heterocycles. The highest BCUT2D eigenvalue weighted by atomic mass is 16.5. The second-order valence-corrected chi connectivity index (χ2v) is 4.48. The fourth-order valence-electron chi connectivity index (χ4n) is 2.00. The van der Waals surface area contributed by atoms with Crippen molar-refractivity contribution in [2.45, 2.75) is 6.92 Å². The minimum atomic E-state index is -0.418. The van der Waals surface area contributed by atoms with Gasteiger partial charge in [-0.25, -0.2) is 14.3 Å². The molecular formula is C15H13N3O2. The van der Waals surface area contributed by atoms with E-state index in [-0.39, 0.29) is 0 Å². The number of pyridine rings is 1. The van der Waals surface area contributed by atoms with Gasteiger partial charge in [0.1, 0.15) is 5.56 Å². The highest BCUT2D eigenvalue weighted by molar-refractivity contribution is 5.95. The standard InChI is InChI=1S/C15H13N3O2/c1-10-5-7-11(8-6-10)13-16-14-12(15(19)20-2)4-3-9-18(14)17-13/h3-9H,1-2H3. The van der Waals surface area contributed by atoms with Crippen LogP contribution in [0.1, 0.15) is 15.9 Å². The zero-order chi connectivity index (χ0) is 14.1. The number of hydrogen-bond acceptors (Lipinski definition) is 4. The molecular weight excluding hydrogens is 254 g/mol. The van der Waals surface area contributed by atoms with Gasteiger partial charge in [-0.15, -0.1) is 5.10 Å². The normalized spacial score (nSPS) is 10.7. The Morgan fingerprint density at radius 3 is 2.65 bits per heavy atom. The summed E-state index contributed by atoms with van der Waals surface area (Å²) >= 11 is 0. The summed E-state index contributed by atoms with van der Waals surface area (Å²) in [5.41, 5.74) is 2.98. The van der Waals surface area contributed by atoms with Gasteiger partial charge >= 0.3 is 5.97 Å². The van der Waals surface area contributed by atoms with E-state index in [0.29, 0.717) is 17.0 Å². The van der Waals surface area contributed by atoms with Gasteiger partial charge in [-0.2, -0.15) is 0 Å². The lowest BCUT2D eigenvalue weighted by molar-refractivity contribution is 0.0602. The number of carbonyl (C=O) groups is 1. The lowest BCUT2D eigenvalue weighted by Crippen LogP contribution is -2.04. The predicted octanol–water partition coefficient (Wildman–Crippen LogP) is 2.49. The van der Waals surface area contributed by atoms with Crippen LogP contribution in [0.3, 0.4) is 0 Å². The fraction of sp³-hybridized carbons (Fsp3) is 0.133. The van der Waals surface area contributed by atoms with E-state index in [2.05, 4.69) is 10.1 Å². The van der Waals surface area contributed by atoms with E-state index >= 15 is 0 Å². The molecule has 0 aliphatic carbocycles. The number of hydrogen-bond donors (Lipinski definition) is 0. The van der Waals surface area contributed by atoms with Crippen molar-refractivity contribution in [2.24, 2.45) is 0 Å². The number of rotatable bonds is 2. The Morgan fingerprint density at radius 1 is 1.20 bits per heavy atom. The highest BCUT2D eigenvalue weighted by Crippen LogP contribution is 2.18. The first kappa shape index (κ1) is 12.3. The molecule has 0 aliphatic heterocycles. The third kappa shape index (κ3) is 2.03. The number of carbonyl (C=O) groups excluding carboxylic acids is 1. The number of esters is 1. The maximum Gasteiger partial charge on any atom is 0.341 e. The molecule has 0 unspecified atom stereocenters. The first-order chi connectivity index (χ1) is 9.69. The predicted molar refractivity (Wildman–Crippen MR) is 74.5 cm³/mol. The molecule has 5 heteroatoms. The maximum absolute atomic E-state index is 11.7. The van der Waals surface area contributed by atoms with Crippen LogP contribution in [0.5, 0.6) is 0 Å². The molecule has 3 aromatic rings. The summed E-state index contributed by atoms with van der Waals surface area (Å²) in [7, 11) is 1.35. The Hall–Kier alpha value is -2.69. The summed E-state index contributed by atoms with van der Waals surface area (Å²) in [4.78, 5) is 16.1. The first-order valence-electron chi connectivity index (χ1n) is 6.20. The van der Waals surface area contributed by atoms with Gasteiger partial charge in [0.25, 0.3) is 0 Å². The molecule has 0 bridgehead atoms. The highest BCUT2D eigenvalue weighted by Gasteiger charge is 2.14. The largest absolute Gasteiger partial charge is 0.465 e. The minimum Gasteiger partial charge on any atom is -0.465 e. The molecule has 0 fully saturated rings. The van der Waals surface area contributed by atoms with E-state index in [1.54, 1.807) is 22.8 Å². The molecule has 2 heterocycles. The van der Waals surface area contributed by atoms with Crippen LogP contribution < -0.4 is 0 Å². The average Bonchev–Trinajstić information content (AvgIpc) is 2.91. The molecule has 0 radical (unpaired) electrons. The summed E-state index contributed by atoms with van der Waals surface area (Å²) in [5, 5.41) is 4.39. The first-order valence-corrected chi connectivity index (χ1v) is 6.20. The average molecular weight is 267 g/mol. The minimum absolute atomic E-state index is 0.404. The lowest BCUT2D eigenvalue weighted by Gasteiger charge is -1.99. The topological polar surface area (TPSA) is 56.5 Å². The van der Waals surface area contributed by atoms with Crippen LogP contribution >= 0.6 is 0 Å². The molecule has 0 saturated carbocycles.